The number of ether oxygens (including phenoxy) is 1. The zero-order valence-electron chi connectivity index (χ0n) is 14.5. The summed E-state index contributed by atoms with van der Waals surface area (Å²) in [5.41, 5.74) is 1.00. The van der Waals surface area contributed by atoms with E-state index in [1.165, 1.54) is 13.3 Å². The van der Waals surface area contributed by atoms with Crippen LogP contribution >= 0.6 is 11.6 Å². The topological polar surface area (TPSA) is 86.1 Å². The lowest BCUT2D eigenvalue weighted by atomic mass is 10.0. The van der Waals surface area contributed by atoms with Crippen LogP contribution in [0.3, 0.4) is 0 Å². The van der Waals surface area contributed by atoms with Gasteiger partial charge < -0.3 is 10.1 Å². The molecule has 0 aliphatic heterocycles. The lowest BCUT2D eigenvalue weighted by Gasteiger charge is -2.19. The van der Waals surface area contributed by atoms with Gasteiger partial charge in [-0.05, 0) is 23.8 Å². The molecule has 0 aliphatic rings. The summed E-state index contributed by atoms with van der Waals surface area (Å²) in [5.74, 6) is -0.177. The second-order valence-corrected chi connectivity index (χ2v) is 6.11. The number of esters is 1. The van der Waals surface area contributed by atoms with E-state index >= 15 is 0 Å². The average molecular weight is 385 g/mol. The van der Waals surface area contributed by atoms with Crippen molar-refractivity contribution in [3.63, 3.8) is 0 Å². The molecule has 7 nitrogen and oxygen atoms in total. The number of nitrogens with one attached hydrogen (secondary N) is 1. The Morgan fingerprint density at radius 3 is 2.70 bits per heavy atom. The predicted octanol–water partition coefficient (Wildman–Crippen LogP) is 2.95. The van der Waals surface area contributed by atoms with E-state index in [0.29, 0.717) is 22.0 Å². The lowest BCUT2D eigenvalue weighted by Crippen LogP contribution is -2.30. The Kier molecular flexibility index (Phi) is 5.83. The molecule has 3 aromatic rings. The molecule has 138 valence electrons. The van der Waals surface area contributed by atoms with E-state index in [-0.39, 0.29) is 12.3 Å². The number of aromatic nitrogens is 3. The van der Waals surface area contributed by atoms with Crippen LogP contribution in [-0.2, 0) is 9.53 Å². The van der Waals surface area contributed by atoms with Crippen molar-refractivity contribution < 1.29 is 14.3 Å². The molecule has 0 spiro atoms. The van der Waals surface area contributed by atoms with Crippen molar-refractivity contribution in [1.82, 2.24) is 19.9 Å². The van der Waals surface area contributed by atoms with Crippen molar-refractivity contribution in [2.24, 2.45) is 0 Å². The molecule has 1 aromatic carbocycles. The number of nitrogens with zero attached hydrogens (tertiary/aromatic N) is 3. The summed E-state index contributed by atoms with van der Waals surface area (Å²) >= 11 is 6.23. The number of imidazole rings is 1. The molecule has 0 fully saturated rings. The monoisotopic (exact) mass is 384 g/mol. The molecule has 1 N–H and O–H groups in total. The number of carbonyl (C=O) groups excluding carboxylic acids is 2. The Labute approximate surface area is 161 Å². The van der Waals surface area contributed by atoms with Gasteiger partial charge in [0.05, 0.1) is 25.1 Å². The quantitative estimate of drug-likeness (QED) is 0.660. The molecule has 0 aliphatic carbocycles. The number of methoxy groups -OCH3 is 1. The molecule has 1 unspecified atom stereocenters. The van der Waals surface area contributed by atoms with Gasteiger partial charge in [-0.25, -0.2) is 9.97 Å². The summed E-state index contributed by atoms with van der Waals surface area (Å²) in [6.45, 7) is 0. The van der Waals surface area contributed by atoms with E-state index in [9.17, 15) is 9.59 Å². The fraction of sp³-hybridized carbons (Fsp3) is 0.158. The fourth-order valence-electron chi connectivity index (χ4n) is 2.56. The highest BCUT2D eigenvalue weighted by Gasteiger charge is 2.22. The third-order valence-corrected chi connectivity index (χ3v) is 4.31. The number of hydrogen-bond acceptors (Lipinski definition) is 5. The molecule has 0 saturated heterocycles. The van der Waals surface area contributed by atoms with Crippen LogP contribution in [-0.4, -0.2) is 33.5 Å². The Balaban J connectivity index is 1.79. The number of benzene rings is 1. The lowest BCUT2D eigenvalue weighted by molar-refractivity contribution is -0.141. The molecular weight excluding hydrogens is 368 g/mol. The van der Waals surface area contributed by atoms with Crippen LogP contribution < -0.4 is 5.32 Å². The van der Waals surface area contributed by atoms with E-state index in [1.54, 1.807) is 59.7 Å². The molecule has 2 heterocycles. The molecule has 0 radical (unpaired) electrons. The number of rotatable bonds is 6. The van der Waals surface area contributed by atoms with Crippen molar-refractivity contribution in [2.75, 3.05) is 7.11 Å². The summed E-state index contributed by atoms with van der Waals surface area (Å²) in [4.78, 5) is 32.6. The smallest absolute Gasteiger partial charge is 0.307 e. The highest BCUT2D eigenvalue weighted by molar-refractivity contribution is 6.31. The number of amides is 1. The van der Waals surface area contributed by atoms with Gasteiger partial charge in [0.2, 0.25) is 0 Å². The summed E-state index contributed by atoms with van der Waals surface area (Å²) in [6.07, 6.45) is 6.44. The molecular formula is C19H17ClN4O3. The van der Waals surface area contributed by atoms with Crippen molar-refractivity contribution in [3.8, 4) is 5.82 Å². The molecule has 0 saturated carbocycles. The minimum Gasteiger partial charge on any atom is -0.469 e. The standard InChI is InChI=1S/C19H17ClN4O3/c1-27-18(25)10-16(14-4-2-3-5-15(14)20)23-19(26)13-6-7-17(22-11-13)24-9-8-21-12-24/h2-9,11-12,16H,10H2,1H3,(H,23,26). The number of halogens is 1. The molecule has 2 aromatic heterocycles. The van der Waals surface area contributed by atoms with Crippen LogP contribution in [0.1, 0.15) is 28.4 Å². The minimum atomic E-state index is -0.619. The predicted molar refractivity (Wildman–Crippen MR) is 99.7 cm³/mol. The zero-order valence-corrected chi connectivity index (χ0v) is 15.3. The Morgan fingerprint density at radius 2 is 2.07 bits per heavy atom. The van der Waals surface area contributed by atoms with E-state index in [1.807, 2.05) is 0 Å². The van der Waals surface area contributed by atoms with E-state index in [0.717, 1.165) is 0 Å². The van der Waals surface area contributed by atoms with Crippen molar-refractivity contribution in [2.45, 2.75) is 12.5 Å². The molecule has 27 heavy (non-hydrogen) atoms. The van der Waals surface area contributed by atoms with Gasteiger partial charge in [0.1, 0.15) is 12.1 Å². The maximum absolute atomic E-state index is 12.6. The van der Waals surface area contributed by atoms with Gasteiger partial charge in [0.25, 0.3) is 5.91 Å². The Bertz CT molecular complexity index is 926. The van der Waals surface area contributed by atoms with Crippen LogP contribution in [0.2, 0.25) is 5.02 Å². The van der Waals surface area contributed by atoms with Crippen LogP contribution in [0.4, 0.5) is 0 Å². The number of hydrogen-bond donors (Lipinski definition) is 1. The van der Waals surface area contributed by atoms with Crippen LogP contribution in [0, 0.1) is 0 Å². The first-order valence-electron chi connectivity index (χ1n) is 8.15. The molecule has 3 rings (SSSR count). The summed E-state index contributed by atoms with van der Waals surface area (Å²) in [7, 11) is 1.30. The second-order valence-electron chi connectivity index (χ2n) is 5.70. The zero-order chi connectivity index (χ0) is 19.2. The first kappa shape index (κ1) is 18.6. The van der Waals surface area contributed by atoms with Crippen LogP contribution in [0.25, 0.3) is 5.82 Å². The Hall–Kier alpha value is -3.19. The number of pyridine rings is 1. The average Bonchev–Trinajstić information content (AvgIpc) is 3.22. The summed E-state index contributed by atoms with van der Waals surface area (Å²) < 4.78 is 6.46. The number of carbonyl (C=O) groups is 2. The maximum atomic E-state index is 12.6. The normalized spacial score (nSPS) is 11.6. The van der Waals surface area contributed by atoms with Gasteiger partial charge in [-0.2, -0.15) is 0 Å². The highest BCUT2D eigenvalue weighted by Crippen LogP contribution is 2.25. The van der Waals surface area contributed by atoms with E-state index < -0.39 is 12.0 Å². The summed E-state index contributed by atoms with van der Waals surface area (Å²) in [6, 6.07) is 9.78. The molecule has 1 amide bonds. The molecule has 1 atom stereocenters. The fourth-order valence-corrected chi connectivity index (χ4v) is 2.82. The first-order chi connectivity index (χ1) is 13.1. The van der Waals surface area contributed by atoms with Crippen molar-refractivity contribution >= 4 is 23.5 Å². The summed E-state index contributed by atoms with van der Waals surface area (Å²) in [5, 5.41) is 3.29. The van der Waals surface area contributed by atoms with E-state index in [4.69, 9.17) is 16.3 Å². The van der Waals surface area contributed by atoms with E-state index in [2.05, 4.69) is 15.3 Å². The largest absolute Gasteiger partial charge is 0.469 e. The Morgan fingerprint density at radius 1 is 1.26 bits per heavy atom. The highest BCUT2D eigenvalue weighted by atomic mass is 35.5. The second kappa shape index (κ2) is 8.46. The van der Waals surface area contributed by atoms with Gasteiger partial charge in [-0.1, -0.05) is 29.8 Å². The van der Waals surface area contributed by atoms with Gasteiger partial charge >= 0.3 is 5.97 Å². The first-order valence-corrected chi connectivity index (χ1v) is 8.52. The van der Waals surface area contributed by atoms with Crippen LogP contribution in [0.5, 0.6) is 0 Å². The van der Waals surface area contributed by atoms with Gasteiger partial charge in [-0.15, -0.1) is 0 Å². The third-order valence-electron chi connectivity index (χ3n) is 3.96. The van der Waals surface area contributed by atoms with Gasteiger partial charge in [-0.3, -0.25) is 14.2 Å². The maximum Gasteiger partial charge on any atom is 0.307 e. The molecule has 0 bridgehead atoms. The van der Waals surface area contributed by atoms with Crippen molar-refractivity contribution in [3.05, 3.63) is 77.5 Å². The SMILES string of the molecule is COC(=O)CC(NC(=O)c1ccc(-n2ccnc2)nc1)c1ccccc1Cl. The third kappa shape index (κ3) is 4.51. The van der Waals surface area contributed by atoms with Gasteiger partial charge in [0.15, 0.2) is 0 Å². The van der Waals surface area contributed by atoms with Crippen molar-refractivity contribution in [1.29, 1.82) is 0 Å². The van der Waals surface area contributed by atoms with Crippen LogP contribution in [0.15, 0.2) is 61.3 Å². The minimum absolute atomic E-state index is 0.0352. The van der Waals surface area contributed by atoms with Gasteiger partial charge in [0, 0.05) is 23.6 Å². The molecule has 8 heteroatoms.